The number of carbonyl (C=O) groups is 1. The topological polar surface area (TPSA) is 79.2 Å². The molecule has 126 valence electrons. The Balaban J connectivity index is 2.00. The van der Waals surface area contributed by atoms with Crippen molar-refractivity contribution in [3.8, 4) is 11.4 Å². The highest BCUT2D eigenvalue weighted by Gasteiger charge is 2.31. The van der Waals surface area contributed by atoms with E-state index in [1.165, 1.54) is 0 Å². The van der Waals surface area contributed by atoms with Crippen LogP contribution in [0.2, 0.25) is 0 Å². The molecule has 6 heteroatoms. The number of carboxylic acid groups (broad SMARTS) is 1. The number of aliphatic carboxylic acids is 1. The van der Waals surface area contributed by atoms with Crippen molar-refractivity contribution < 1.29 is 9.90 Å². The van der Waals surface area contributed by atoms with Gasteiger partial charge in [0.25, 0.3) is 0 Å². The normalized spacial score (nSPS) is 20.9. The van der Waals surface area contributed by atoms with Crippen LogP contribution in [0.3, 0.4) is 0 Å². The van der Waals surface area contributed by atoms with Gasteiger partial charge in [-0.2, -0.15) is 0 Å². The summed E-state index contributed by atoms with van der Waals surface area (Å²) in [7, 11) is 0. The summed E-state index contributed by atoms with van der Waals surface area (Å²) in [4.78, 5) is 27.0. The first-order valence-electron chi connectivity index (χ1n) is 8.19. The van der Waals surface area contributed by atoms with Gasteiger partial charge in [0.1, 0.15) is 5.82 Å². The van der Waals surface area contributed by atoms with Gasteiger partial charge in [0.2, 0.25) is 0 Å². The third kappa shape index (κ3) is 3.22. The first kappa shape index (κ1) is 16.4. The first-order valence-corrected chi connectivity index (χ1v) is 8.19. The lowest BCUT2D eigenvalue weighted by Crippen LogP contribution is -2.43. The highest BCUT2D eigenvalue weighted by molar-refractivity contribution is 5.71. The van der Waals surface area contributed by atoms with Gasteiger partial charge in [-0.1, -0.05) is 6.92 Å². The van der Waals surface area contributed by atoms with Crippen molar-refractivity contribution in [2.24, 2.45) is 11.8 Å². The number of aryl methyl sites for hydroxylation is 1. The van der Waals surface area contributed by atoms with Gasteiger partial charge >= 0.3 is 5.97 Å². The Morgan fingerprint density at radius 1 is 1.29 bits per heavy atom. The van der Waals surface area contributed by atoms with Crippen LogP contribution in [0.25, 0.3) is 11.4 Å². The van der Waals surface area contributed by atoms with Gasteiger partial charge in [0.15, 0.2) is 5.82 Å². The van der Waals surface area contributed by atoms with E-state index in [1.807, 2.05) is 26.0 Å². The molecule has 2 atom stereocenters. The van der Waals surface area contributed by atoms with Crippen LogP contribution < -0.4 is 4.90 Å². The zero-order valence-electron chi connectivity index (χ0n) is 14.2. The molecule has 3 rings (SSSR count). The molecule has 2 aromatic rings. The average Bonchev–Trinajstić information content (AvgIpc) is 2.57. The van der Waals surface area contributed by atoms with E-state index in [-0.39, 0.29) is 5.92 Å². The molecule has 2 aromatic heterocycles. The fraction of sp³-hybridized carbons (Fsp3) is 0.444. The lowest BCUT2D eigenvalue weighted by atomic mass is 9.90. The Labute approximate surface area is 141 Å². The highest BCUT2D eigenvalue weighted by Crippen LogP contribution is 2.30. The van der Waals surface area contributed by atoms with E-state index in [4.69, 9.17) is 4.98 Å². The molecule has 1 saturated heterocycles. The van der Waals surface area contributed by atoms with Crippen LogP contribution in [0, 0.1) is 25.7 Å². The number of hydrogen-bond acceptors (Lipinski definition) is 5. The second-order valence-corrected chi connectivity index (χ2v) is 6.60. The lowest BCUT2D eigenvalue weighted by Gasteiger charge is -2.36. The Morgan fingerprint density at radius 3 is 2.75 bits per heavy atom. The summed E-state index contributed by atoms with van der Waals surface area (Å²) in [6.45, 7) is 7.35. The van der Waals surface area contributed by atoms with Crippen LogP contribution in [-0.2, 0) is 4.79 Å². The number of rotatable bonds is 3. The van der Waals surface area contributed by atoms with E-state index < -0.39 is 5.97 Å². The number of aromatic nitrogens is 3. The van der Waals surface area contributed by atoms with E-state index in [1.54, 1.807) is 12.4 Å². The van der Waals surface area contributed by atoms with E-state index in [0.29, 0.717) is 24.7 Å². The van der Waals surface area contributed by atoms with Crippen LogP contribution in [0.4, 0.5) is 5.82 Å². The number of pyridine rings is 1. The second kappa shape index (κ2) is 6.55. The maximum atomic E-state index is 11.4. The third-order valence-electron chi connectivity index (χ3n) is 4.59. The zero-order valence-corrected chi connectivity index (χ0v) is 14.2. The summed E-state index contributed by atoms with van der Waals surface area (Å²) in [5, 5.41) is 9.41. The molecule has 0 spiro atoms. The quantitative estimate of drug-likeness (QED) is 0.934. The first-order chi connectivity index (χ1) is 11.5. The van der Waals surface area contributed by atoms with Crippen LogP contribution >= 0.6 is 0 Å². The number of piperidine rings is 1. The van der Waals surface area contributed by atoms with Gasteiger partial charge in [0.05, 0.1) is 5.92 Å². The predicted octanol–water partition coefficient (Wildman–Crippen LogP) is 2.70. The van der Waals surface area contributed by atoms with Crippen molar-refractivity contribution in [1.82, 2.24) is 15.0 Å². The maximum Gasteiger partial charge on any atom is 0.308 e. The maximum absolute atomic E-state index is 11.4. The van der Waals surface area contributed by atoms with Crippen molar-refractivity contribution in [3.05, 3.63) is 35.8 Å². The molecule has 6 nitrogen and oxygen atoms in total. The molecule has 3 heterocycles. The molecular weight excluding hydrogens is 304 g/mol. The predicted molar refractivity (Wildman–Crippen MR) is 91.9 cm³/mol. The Hall–Kier alpha value is -2.50. The van der Waals surface area contributed by atoms with Gasteiger partial charge in [-0.25, -0.2) is 9.97 Å². The summed E-state index contributed by atoms with van der Waals surface area (Å²) in [6.07, 6.45) is 4.17. The molecule has 1 aliphatic rings. The summed E-state index contributed by atoms with van der Waals surface area (Å²) in [6, 6.07) is 3.79. The highest BCUT2D eigenvalue weighted by atomic mass is 16.4. The van der Waals surface area contributed by atoms with Crippen LogP contribution in [0.15, 0.2) is 24.5 Å². The number of nitrogens with zero attached hydrogens (tertiary/aromatic N) is 4. The molecule has 2 unspecified atom stereocenters. The van der Waals surface area contributed by atoms with Crippen molar-refractivity contribution in [3.63, 3.8) is 0 Å². The molecule has 0 radical (unpaired) electrons. The fourth-order valence-electron chi connectivity index (χ4n) is 3.25. The molecule has 1 fully saturated rings. The van der Waals surface area contributed by atoms with Gasteiger partial charge in [-0.3, -0.25) is 9.78 Å². The summed E-state index contributed by atoms with van der Waals surface area (Å²) in [5.41, 5.74) is 2.77. The lowest BCUT2D eigenvalue weighted by molar-refractivity contribution is -0.142. The zero-order chi connectivity index (χ0) is 17.3. The van der Waals surface area contributed by atoms with E-state index in [2.05, 4.69) is 21.8 Å². The molecule has 24 heavy (non-hydrogen) atoms. The Kier molecular flexibility index (Phi) is 4.46. The Bertz CT molecular complexity index is 748. The summed E-state index contributed by atoms with van der Waals surface area (Å²) in [5.74, 6) is 0.689. The minimum atomic E-state index is -0.734. The van der Waals surface area contributed by atoms with E-state index in [0.717, 1.165) is 29.2 Å². The monoisotopic (exact) mass is 326 g/mol. The number of anilines is 1. The van der Waals surface area contributed by atoms with E-state index >= 15 is 0 Å². The van der Waals surface area contributed by atoms with Crippen molar-refractivity contribution in [1.29, 1.82) is 0 Å². The molecule has 0 bridgehead atoms. The average molecular weight is 326 g/mol. The number of hydrogen-bond donors (Lipinski definition) is 1. The van der Waals surface area contributed by atoms with Gasteiger partial charge in [-0.15, -0.1) is 0 Å². The minimum absolute atomic E-state index is 0.316. The Morgan fingerprint density at radius 2 is 2.08 bits per heavy atom. The molecule has 0 saturated carbocycles. The molecular formula is C18H22N4O2. The third-order valence-corrected chi connectivity index (χ3v) is 4.59. The van der Waals surface area contributed by atoms with Crippen LogP contribution in [0.1, 0.15) is 24.6 Å². The van der Waals surface area contributed by atoms with Crippen molar-refractivity contribution in [2.75, 3.05) is 18.0 Å². The van der Waals surface area contributed by atoms with Crippen molar-refractivity contribution in [2.45, 2.75) is 27.2 Å². The smallest absolute Gasteiger partial charge is 0.308 e. The molecule has 0 aliphatic carbocycles. The van der Waals surface area contributed by atoms with E-state index in [9.17, 15) is 9.90 Å². The van der Waals surface area contributed by atoms with Crippen molar-refractivity contribution >= 4 is 11.8 Å². The standard InChI is InChI=1S/C18H22N4O2/c1-11-7-15(18(23)24)10-22(9-11)17-12(2)13(3)20-16(21-17)14-5-4-6-19-8-14/h4-6,8,11,15H,7,9-10H2,1-3H3,(H,23,24). The molecule has 1 aliphatic heterocycles. The van der Waals surface area contributed by atoms with Gasteiger partial charge < -0.3 is 10.0 Å². The second-order valence-electron chi connectivity index (χ2n) is 6.60. The van der Waals surface area contributed by atoms with Gasteiger partial charge in [0, 0.05) is 42.3 Å². The van der Waals surface area contributed by atoms with Gasteiger partial charge in [-0.05, 0) is 38.3 Å². The molecule has 0 amide bonds. The fourth-order valence-corrected chi connectivity index (χ4v) is 3.25. The minimum Gasteiger partial charge on any atom is -0.481 e. The largest absolute Gasteiger partial charge is 0.481 e. The van der Waals surface area contributed by atoms with Crippen LogP contribution in [-0.4, -0.2) is 39.1 Å². The SMILES string of the molecule is Cc1nc(-c2cccnc2)nc(N2CC(C)CC(C(=O)O)C2)c1C. The summed E-state index contributed by atoms with van der Waals surface area (Å²) < 4.78 is 0. The summed E-state index contributed by atoms with van der Waals surface area (Å²) >= 11 is 0. The number of carboxylic acids is 1. The molecule has 0 aromatic carbocycles. The van der Waals surface area contributed by atoms with Crippen LogP contribution in [0.5, 0.6) is 0 Å². The molecule has 1 N–H and O–H groups in total.